The number of hydrogen-bond donors (Lipinski definition) is 0. The SMILES string of the molecule is COC(=O)c1csc(C(C)C2CCN(CC(F)F)CC2)c1C. The number of thiophene rings is 1. The van der Waals surface area contributed by atoms with E-state index in [1.165, 1.54) is 12.0 Å². The molecule has 0 saturated carbocycles. The fraction of sp³-hybridized carbons (Fsp3) is 0.688. The third-order valence-corrected chi connectivity index (χ3v) is 5.92. The van der Waals surface area contributed by atoms with Crippen molar-refractivity contribution in [3.63, 3.8) is 0 Å². The first-order valence-electron chi connectivity index (χ1n) is 7.60. The Morgan fingerprint density at radius 1 is 1.45 bits per heavy atom. The molecule has 1 aromatic heterocycles. The first-order valence-corrected chi connectivity index (χ1v) is 8.48. The summed E-state index contributed by atoms with van der Waals surface area (Å²) in [7, 11) is 1.39. The van der Waals surface area contributed by atoms with E-state index in [-0.39, 0.29) is 12.5 Å². The maximum absolute atomic E-state index is 12.4. The molecule has 3 nitrogen and oxygen atoms in total. The van der Waals surface area contributed by atoms with E-state index >= 15 is 0 Å². The molecule has 0 N–H and O–H groups in total. The number of likely N-dealkylation sites (tertiary alicyclic amines) is 1. The number of rotatable bonds is 5. The predicted octanol–water partition coefficient (Wildman–Crippen LogP) is 3.92. The number of methoxy groups -OCH3 is 1. The van der Waals surface area contributed by atoms with E-state index in [2.05, 4.69) is 6.92 Å². The summed E-state index contributed by atoms with van der Waals surface area (Å²) in [5, 5.41) is 1.86. The Balaban J connectivity index is 2.00. The Morgan fingerprint density at radius 2 is 2.09 bits per heavy atom. The van der Waals surface area contributed by atoms with Gasteiger partial charge in [-0.05, 0) is 50.3 Å². The van der Waals surface area contributed by atoms with Crippen LogP contribution in [0.5, 0.6) is 0 Å². The second-order valence-electron chi connectivity index (χ2n) is 5.95. The number of hydrogen-bond acceptors (Lipinski definition) is 4. The number of halogens is 2. The van der Waals surface area contributed by atoms with Gasteiger partial charge in [0.1, 0.15) is 0 Å². The van der Waals surface area contributed by atoms with Crippen LogP contribution in [0.3, 0.4) is 0 Å². The molecule has 1 aromatic rings. The Morgan fingerprint density at radius 3 is 2.64 bits per heavy atom. The van der Waals surface area contributed by atoms with Crippen molar-refractivity contribution >= 4 is 17.3 Å². The van der Waals surface area contributed by atoms with Crippen LogP contribution >= 0.6 is 11.3 Å². The van der Waals surface area contributed by atoms with Crippen LogP contribution < -0.4 is 0 Å². The largest absolute Gasteiger partial charge is 0.465 e. The molecule has 1 atom stereocenters. The summed E-state index contributed by atoms with van der Waals surface area (Å²) in [4.78, 5) is 14.8. The van der Waals surface area contributed by atoms with Crippen LogP contribution in [-0.4, -0.2) is 44.0 Å². The van der Waals surface area contributed by atoms with Gasteiger partial charge >= 0.3 is 5.97 Å². The lowest BCUT2D eigenvalue weighted by Crippen LogP contribution is -2.38. The molecule has 124 valence electrons. The molecule has 2 heterocycles. The quantitative estimate of drug-likeness (QED) is 0.766. The lowest BCUT2D eigenvalue weighted by Gasteiger charge is -2.34. The van der Waals surface area contributed by atoms with Crippen molar-refractivity contribution in [3.05, 3.63) is 21.4 Å². The van der Waals surface area contributed by atoms with Gasteiger partial charge in [0, 0.05) is 10.3 Å². The Bertz CT molecular complexity index is 510. The van der Waals surface area contributed by atoms with Gasteiger partial charge in [-0.15, -0.1) is 11.3 Å². The first-order chi connectivity index (χ1) is 10.4. The number of ether oxygens (including phenoxy) is 1. The second-order valence-corrected chi connectivity index (χ2v) is 6.86. The van der Waals surface area contributed by atoms with Crippen LogP contribution in [0.4, 0.5) is 8.78 Å². The van der Waals surface area contributed by atoms with E-state index < -0.39 is 6.43 Å². The van der Waals surface area contributed by atoms with Gasteiger partial charge in [0.2, 0.25) is 0 Å². The molecule has 1 saturated heterocycles. The Labute approximate surface area is 134 Å². The fourth-order valence-electron chi connectivity index (χ4n) is 3.24. The first kappa shape index (κ1) is 17.3. The van der Waals surface area contributed by atoms with E-state index in [0.717, 1.165) is 31.5 Å². The van der Waals surface area contributed by atoms with Crippen molar-refractivity contribution in [1.82, 2.24) is 4.90 Å². The number of nitrogens with zero attached hydrogens (tertiary/aromatic N) is 1. The van der Waals surface area contributed by atoms with Gasteiger partial charge in [0.15, 0.2) is 0 Å². The number of carbonyl (C=O) groups is 1. The number of carbonyl (C=O) groups excluding carboxylic acids is 1. The third kappa shape index (κ3) is 3.84. The highest BCUT2D eigenvalue weighted by molar-refractivity contribution is 7.10. The van der Waals surface area contributed by atoms with E-state index in [4.69, 9.17) is 4.74 Å². The van der Waals surface area contributed by atoms with Crippen molar-refractivity contribution in [3.8, 4) is 0 Å². The zero-order chi connectivity index (χ0) is 16.3. The standard InChI is InChI=1S/C16H23F2NO2S/c1-10(12-4-6-19(7-5-12)8-14(17)18)15-11(2)13(9-22-15)16(20)21-3/h9-10,12,14H,4-8H2,1-3H3. The molecule has 6 heteroatoms. The van der Waals surface area contributed by atoms with Crippen LogP contribution in [0.15, 0.2) is 5.38 Å². The molecule has 22 heavy (non-hydrogen) atoms. The average molecular weight is 331 g/mol. The topological polar surface area (TPSA) is 29.5 Å². The monoisotopic (exact) mass is 331 g/mol. The van der Waals surface area contributed by atoms with Gasteiger partial charge in [0.05, 0.1) is 19.2 Å². The maximum Gasteiger partial charge on any atom is 0.338 e. The van der Waals surface area contributed by atoms with Gasteiger partial charge in [-0.3, -0.25) is 4.90 Å². The average Bonchev–Trinajstić information content (AvgIpc) is 2.87. The maximum atomic E-state index is 12.4. The summed E-state index contributed by atoms with van der Waals surface area (Å²) >= 11 is 1.60. The van der Waals surface area contributed by atoms with Crippen LogP contribution in [0.2, 0.25) is 0 Å². The number of alkyl halides is 2. The van der Waals surface area contributed by atoms with Crippen molar-refractivity contribution in [2.75, 3.05) is 26.7 Å². The Kier molecular flexibility index (Phi) is 5.92. The zero-order valence-corrected chi connectivity index (χ0v) is 14.1. The number of esters is 1. The van der Waals surface area contributed by atoms with E-state index in [9.17, 15) is 13.6 Å². The van der Waals surface area contributed by atoms with Crippen LogP contribution in [-0.2, 0) is 4.74 Å². The lowest BCUT2D eigenvalue weighted by atomic mass is 9.83. The van der Waals surface area contributed by atoms with E-state index in [1.54, 1.807) is 11.3 Å². The smallest absolute Gasteiger partial charge is 0.338 e. The summed E-state index contributed by atoms with van der Waals surface area (Å²) in [5.74, 6) is 0.535. The summed E-state index contributed by atoms with van der Waals surface area (Å²) in [6.45, 7) is 5.47. The molecule has 1 aliphatic rings. The molecule has 0 radical (unpaired) electrons. The fourth-order valence-corrected chi connectivity index (χ4v) is 4.45. The van der Waals surface area contributed by atoms with Crippen molar-refractivity contribution < 1.29 is 18.3 Å². The van der Waals surface area contributed by atoms with Crippen LogP contribution in [0.1, 0.15) is 46.5 Å². The second kappa shape index (κ2) is 7.51. The van der Waals surface area contributed by atoms with E-state index in [0.29, 0.717) is 17.4 Å². The highest BCUT2D eigenvalue weighted by Crippen LogP contribution is 2.38. The minimum absolute atomic E-state index is 0.119. The lowest BCUT2D eigenvalue weighted by molar-refractivity contribution is 0.0600. The van der Waals surface area contributed by atoms with Gasteiger partial charge in [-0.2, -0.15) is 0 Å². The summed E-state index contributed by atoms with van der Waals surface area (Å²) in [6.07, 6.45) is -0.395. The molecular weight excluding hydrogens is 308 g/mol. The molecule has 0 spiro atoms. The van der Waals surface area contributed by atoms with E-state index in [1.807, 2.05) is 17.2 Å². The van der Waals surface area contributed by atoms with Crippen molar-refractivity contribution in [1.29, 1.82) is 0 Å². The molecule has 1 unspecified atom stereocenters. The molecule has 0 bridgehead atoms. The molecule has 1 fully saturated rings. The summed E-state index contributed by atoms with van der Waals surface area (Å²) in [5.41, 5.74) is 1.64. The predicted molar refractivity (Wildman–Crippen MR) is 84.0 cm³/mol. The summed E-state index contributed by atoms with van der Waals surface area (Å²) < 4.78 is 29.6. The number of piperidine rings is 1. The van der Waals surface area contributed by atoms with Crippen molar-refractivity contribution in [2.45, 2.75) is 39.0 Å². The third-order valence-electron chi connectivity index (χ3n) is 4.63. The molecule has 2 rings (SSSR count). The van der Waals surface area contributed by atoms with Gasteiger partial charge < -0.3 is 4.74 Å². The molecule has 0 aliphatic carbocycles. The Hall–Kier alpha value is -1.01. The molecule has 0 aromatic carbocycles. The zero-order valence-electron chi connectivity index (χ0n) is 13.3. The van der Waals surface area contributed by atoms with Gasteiger partial charge in [-0.1, -0.05) is 6.92 Å². The highest BCUT2D eigenvalue weighted by Gasteiger charge is 2.28. The van der Waals surface area contributed by atoms with Gasteiger partial charge in [0.25, 0.3) is 6.43 Å². The van der Waals surface area contributed by atoms with Crippen LogP contribution in [0.25, 0.3) is 0 Å². The van der Waals surface area contributed by atoms with Crippen LogP contribution in [0, 0.1) is 12.8 Å². The molecule has 0 amide bonds. The molecular formula is C16H23F2NO2S. The minimum Gasteiger partial charge on any atom is -0.465 e. The summed E-state index contributed by atoms with van der Waals surface area (Å²) in [6, 6.07) is 0. The van der Waals surface area contributed by atoms with Crippen molar-refractivity contribution in [2.24, 2.45) is 5.92 Å². The highest BCUT2D eigenvalue weighted by atomic mass is 32.1. The minimum atomic E-state index is -2.25. The van der Waals surface area contributed by atoms with Gasteiger partial charge in [-0.25, -0.2) is 13.6 Å². The normalized spacial score (nSPS) is 18.6. The molecule has 1 aliphatic heterocycles.